The summed E-state index contributed by atoms with van der Waals surface area (Å²) in [5, 5.41) is 0.586. The minimum atomic E-state index is -0.0222. The number of carbonyl (C=O) groups is 1. The van der Waals surface area contributed by atoms with E-state index in [0.717, 1.165) is 12.0 Å². The lowest BCUT2D eigenvalue weighted by Crippen LogP contribution is -2.38. The Morgan fingerprint density at radius 2 is 1.93 bits per heavy atom. The summed E-state index contributed by atoms with van der Waals surface area (Å²) in [5.74, 6) is 0. The molecule has 0 bridgehead atoms. The number of rotatable bonds is 2. The van der Waals surface area contributed by atoms with Crippen LogP contribution in [0.5, 0.6) is 0 Å². The van der Waals surface area contributed by atoms with Crippen molar-refractivity contribution in [2.75, 3.05) is 11.9 Å². The quantitative estimate of drug-likeness (QED) is 0.720. The van der Waals surface area contributed by atoms with Gasteiger partial charge in [0.25, 0.3) is 0 Å². The molecular weight excluding hydrogens is 210 g/mol. The minimum absolute atomic E-state index is 0.0222. The Balaban J connectivity index is 3.19. The molecule has 0 aliphatic heterocycles. The van der Waals surface area contributed by atoms with Crippen molar-refractivity contribution in [1.29, 1.82) is 0 Å². The van der Waals surface area contributed by atoms with E-state index in [4.69, 9.17) is 11.6 Å². The third-order valence-electron chi connectivity index (χ3n) is 2.48. The van der Waals surface area contributed by atoms with Gasteiger partial charge >= 0.3 is 0 Å². The molecule has 0 saturated carbocycles. The Labute approximate surface area is 95.8 Å². The number of hydrogen-bond donors (Lipinski definition) is 0. The molecular formula is C12H16ClNO. The Hall–Kier alpha value is -1.02. The van der Waals surface area contributed by atoms with E-state index in [0.29, 0.717) is 10.6 Å². The van der Waals surface area contributed by atoms with Gasteiger partial charge in [0.15, 0.2) is 6.29 Å². The van der Waals surface area contributed by atoms with Gasteiger partial charge in [-0.15, -0.1) is 0 Å². The van der Waals surface area contributed by atoms with Gasteiger partial charge in [0.1, 0.15) is 0 Å². The van der Waals surface area contributed by atoms with E-state index in [2.05, 4.69) is 25.7 Å². The van der Waals surface area contributed by atoms with Crippen LogP contribution in [0.2, 0.25) is 5.02 Å². The average molecular weight is 226 g/mol. The molecule has 0 heterocycles. The Morgan fingerprint density at radius 3 is 2.40 bits per heavy atom. The third-order valence-corrected chi connectivity index (χ3v) is 2.72. The molecule has 0 fully saturated rings. The highest BCUT2D eigenvalue weighted by Crippen LogP contribution is 2.27. The van der Waals surface area contributed by atoms with Crippen LogP contribution in [0.15, 0.2) is 18.2 Å². The van der Waals surface area contributed by atoms with Crippen molar-refractivity contribution >= 4 is 23.6 Å². The molecule has 0 aromatic heterocycles. The Bertz CT molecular complexity index is 368. The number of hydrogen-bond acceptors (Lipinski definition) is 2. The fourth-order valence-electron chi connectivity index (χ4n) is 1.29. The maximum absolute atomic E-state index is 10.9. The molecule has 1 aromatic carbocycles. The van der Waals surface area contributed by atoms with Crippen molar-refractivity contribution in [2.24, 2.45) is 0 Å². The van der Waals surface area contributed by atoms with Crippen LogP contribution in [-0.2, 0) is 0 Å². The lowest BCUT2D eigenvalue weighted by Gasteiger charge is -2.34. The van der Waals surface area contributed by atoms with Gasteiger partial charge in [-0.1, -0.05) is 11.6 Å². The van der Waals surface area contributed by atoms with E-state index in [1.54, 1.807) is 12.1 Å². The maximum atomic E-state index is 10.9. The zero-order valence-electron chi connectivity index (χ0n) is 9.54. The lowest BCUT2D eigenvalue weighted by atomic mass is 10.0. The summed E-state index contributed by atoms with van der Waals surface area (Å²) >= 11 is 5.84. The summed E-state index contributed by atoms with van der Waals surface area (Å²) in [5.41, 5.74) is 1.51. The van der Waals surface area contributed by atoms with Crippen LogP contribution >= 0.6 is 11.6 Å². The predicted molar refractivity (Wildman–Crippen MR) is 65.0 cm³/mol. The molecule has 3 heteroatoms. The number of aldehydes is 1. The fourth-order valence-corrected chi connectivity index (χ4v) is 1.47. The van der Waals surface area contributed by atoms with Crippen LogP contribution in [0.1, 0.15) is 31.1 Å². The first-order chi connectivity index (χ1) is 6.86. The van der Waals surface area contributed by atoms with Gasteiger partial charge in [0.2, 0.25) is 0 Å². The van der Waals surface area contributed by atoms with E-state index in [1.165, 1.54) is 0 Å². The highest BCUT2D eigenvalue weighted by atomic mass is 35.5. The van der Waals surface area contributed by atoms with Crippen LogP contribution in [-0.4, -0.2) is 18.9 Å². The minimum Gasteiger partial charge on any atom is -0.369 e. The van der Waals surface area contributed by atoms with Crippen molar-refractivity contribution in [3.05, 3.63) is 28.8 Å². The zero-order chi connectivity index (χ0) is 11.6. The summed E-state index contributed by atoms with van der Waals surface area (Å²) in [6.07, 6.45) is 0.837. The van der Waals surface area contributed by atoms with E-state index in [1.807, 2.05) is 13.1 Å². The van der Waals surface area contributed by atoms with Crippen LogP contribution in [0.25, 0.3) is 0 Å². The molecule has 0 N–H and O–H groups in total. The van der Waals surface area contributed by atoms with Crippen LogP contribution < -0.4 is 4.90 Å². The monoisotopic (exact) mass is 225 g/mol. The maximum Gasteiger partial charge on any atom is 0.152 e. The number of halogens is 1. The molecule has 0 saturated heterocycles. The Morgan fingerprint density at radius 1 is 1.33 bits per heavy atom. The molecule has 1 aromatic rings. The van der Waals surface area contributed by atoms with Gasteiger partial charge in [-0.05, 0) is 39.0 Å². The zero-order valence-corrected chi connectivity index (χ0v) is 10.3. The molecule has 0 aliphatic carbocycles. The molecule has 15 heavy (non-hydrogen) atoms. The van der Waals surface area contributed by atoms with Gasteiger partial charge in [0, 0.05) is 28.9 Å². The van der Waals surface area contributed by atoms with Crippen LogP contribution in [0.4, 0.5) is 5.69 Å². The molecule has 0 spiro atoms. The summed E-state index contributed by atoms with van der Waals surface area (Å²) < 4.78 is 0. The first kappa shape index (κ1) is 12.1. The first-order valence-electron chi connectivity index (χ1n) is 4.85. The summed E-state index contributed by atoms with van der Waals surface area (Å²) in [6.45, 7) is 6.28. The second-order valence-electron chi connectivity index (χ2n) is 4.55. The van der Waals surface area contributed by atoms with Crippen molar-refractivity contribution in [3.63, 3.8) is 0 Å². The van der Waals surface area contributed by atoms with Gasteiger partial charge < -0.3 is 4.90 Å². The standard InChI is InChI=1S/C12H16ClNO/c1-12(2,3)14(4)11-6-5-10(13)7-9(11)8-15/h5-8H,1-4H3. The molecule has 1 rings (SSSR count). The number of nitrogens with zero attached hydrogens (tertiary/aromatic N) is 1. The van der Waals surface area contributed by atoms with Gasteiger partial charge in [-0.2, -0.15) is 0 Å². The molecule has 2 nitrogen and oxygen atoms in total. The Kier molecular flexibility index (Phi) is 3.40. The molecule has 0 aliphatic rings. The summed E-state index contributed by atoms with van der Waals surface area (Å²) in [6, 6.07) is 5.36. The highest BCUT2D eigenvalue weighted by Gasteiger charge is 2.19. The molecule has 0 amide bonds. The second-order valence-corrected chi connectivity index (χ2v) is 4.99. The summed E-state index contributed by atoms with van der Waals surface area (Å²) in [4.78, 5) is 13.0. The van der Waals surface area contributed by atoms with Crippen molar-refractivity contribution in [2.45, 2.75) is 26.3 Å². The van der Waals surface area contributed by atoms with E-state index < -0.39 is 0 Å². The SMILES string of the molecule is CN(c1ccc(Cl)cc1C=O)C(C)(C)C. The average Bonchev–Trinajstić information content (AvgIpc) is 2.15. The lowest BCUT2D eigenvalue weighted by molar-refractivity contribution is 0.112. The third kappa shape index (κ3) is 2.72. The highest BCUT2D eigenvalue weighted by molar-refractivity contribution is 6.31. The second kappa shape index (κ2) is 4.23. The predicted octanol–water partition coefficient (Wildman–Crippen LogP) is 3.39. The van der Waals surface area contributed by atoms with Crippen LogP contribution in [0.3, 0.4) is 0 Å². The van der Waals surface area contributed by atoms with Gasteiger partial charge in [-0.25, -0.2) is 0 Å². The molecule has 0 atom stereocenters. The van der Waals surface area contributed by atoms with Crippen molar-refractivity contribution < 1.29 is 4.79 Å². The first-order valence-corrected chi connectivity index (χ1v) is 5.22. The molecule has 0 unspecified atom stereocenters. The van der Waals surface area contributed by atoms with Gasteiger partial charge in [-0.3, -0.25) is 4.79 Å². The smallest absolute Gasteiger partial charge is 0.152 e. The number of carbonyl (C=O) groups excluding carboxylic acids is 1. The van der Waals surface area contributed by atoms with Crippen LogP contribution in [0, 0.1) is 0 Å². The largest absolute Gasteiger partial charge is 0.369 e. The fraction of sp³-hybridized carbons (Fsp3) is 0.417. The molecule has 0 radical (unpaired) electrons. The van der Waals surface area contributed by atoms with E-state index in [-0.39, 0.29) is 5.54 Å². The molecule has 82 valence electrons. The van der Waals surface area contributed by atoms with Gasteiger partial charge in [0.05, 0.1) is 0 Å². The number of benzene rings is 1. The van der Waals surface area contributed by atoms with E-state index >= 15 is 0 Å². The topological polar surface area (TPSA) is 20.3 Å². The summed E-state index contributed by atoms with van der Waals surface area (Å²) in [7, 11) is 1.97. The number of anilines is 1. The van der Waals surface area contributed by atoms with Crippen molar-refractivity contribution in [1.82, 2.24) is 0 Å². The van der Waals surface area contributed by atoms with E-state index in [9.17, 15) is 4.79 Å². The normalized spacial score (nSPS) is 11.3. The van der Waals surface area contributed by atoms with Crippen molar-refractivity contribution in [3.8, 4) is 0 Å².